The van der Waals surface area contributed by atoms with E-state index in [0.717, 1.165) is 11.1 Å². The van der Waals surface area contributed by atoms with Gasteiger partial charge in [-0.2, -0.15) is 0 Å². The Labute approximate surface area is 71.2 Å². The molecule has 0 saturated carbocycles. The number of fused-ring (bicyclic) bond motifs is 1. The molecule has 12 heavy (non-hydrogen) atoms. The van der Waals surface area contributed by atoms with Gasteiger partial charge in [0, 0.05) is 5.92 Å². The third-order valence-electron chi connectivity index (χ3n) is 2.18. The van der Waals surface area contributed by atoms with Gasteiger partial charge in [-0.1, -0.05) is 25.1 Å². The summed E-state index contributed by atoms with van der Waals surface area (Å²) >= 11 is 0. The van der Waals surface area contributed by atoms with Crippen LogP contribution in [0.15, 0.2) is 24.3 Å². The fourth-order valence-electron chi connectivity index (χ4n) is 1.48. The first-order valence-corrected chi connectivity index (χ1v) is 4.05. The van der Waals surface area contributed by atoms with Crippen molar-refractivity contribution in [1.29, 1.82) is 0 Å². The van der Waals surface area contributed by atoms with Crippen LogP contribution in [0, 0.1) is 0 Å². The van der Waals surface area contributed by atoms with Gasteiger partial charge < -0.3 is 4.74 Å². The number of hydrogen-bond donors (Lipinski definition) is 0. The van der Waals surface area contributed by atoms with Crippen molar-refractivity contribution in [2.75, 3.05) is 6.61 Å². The molecule has 0 spiro atoms. The number of benzene rings is 1. The van der Waals surface area contributed by atoms with Gasteiger partial charge in [0.05, 0.1) is 12.2 Å². The number of cyclic esters (lactones) is 1. The van der Waals surface area contributed by atoms with E-state index in [-0.39, 0.29) is 5.97 Å². The van der Waals surface area contributed by atoms with Crippen LogP contribution in [0.1, 0.15) is 28.8 Å². The average molecular weight is 162 g/mol. The fraction of sp³-hybridized carbons (Fsp3) is 0.300. The van der Waals surface area contributed by atoms with Gasteiger partial charge in [-0.15, -0.1) is 0 Å². The molecule has 0 N–H and O–H groups in total. The summed E-state index contributed by atoms with van der Waals surface area (Å²) in [5.41, 5.74) is 1.82. The zero-order chi connectivity index (χ0) is 8.55. The Kier molecular flexibility index (Phi) is 1.61. The second kappa shape index (κ2) is 2.63. The van der Waals surface area contributed by atoms with E-state index < -0.39 is 0 Å². The van der Waals surface area contributed by atoms with Gasteiger partial charge in [-0.3, -0.25) is 0 Å². The Morgan fingerprint density at radius 1 is 1.42 bits per heavy atom. The molecular weight excluding hydrogens is 152 g/mol. The molecule has 1 aromatic rings. The number of carbonyl (C=O) groups is 1. The first-order chi connectivity index (χ1) is 5.79. The van der Waals surface area contributed by atoms with Crippen molar-refractivity contribution >= 4 is 5.97 Å². The van der Waals surface area contributed by atoms with Gasteiger partial charge in [-0.05, 0) is 11.6 Å². The second-order valence-electron chi connectivity index (χ2n) is 3.09. The van der Waals surface area contributed by atoms with E-state index in [1.54, 1.807) is 0 Å². The van der Waals surface area contributed by atoms with Gasteiger partial charge in [0.25, 0.3) is 0 Å². The van der Waals surface area contributed by atoms with Gasteiger partial charge in [-0.25, -0.2) is 4.79 Å². The van der Waals surface area contributed by atoms with Crippen molar-refractivity contribution in [3.63, 3.8) is 0 Å². The lowest BCUT2D eigenvalue weighted by Gasteiger charge is -2.21. The van der Waals surface area contributed by atoms with Crippen LogP contribution in [0.5, 0.6) is 0 Å². The summed E-state index contributed by atoms with van der Waals surface area (Å²) < 4.78 is 4.98. The van der Waals surface area contributed by atoms with E-state index >= 15 is 0 Å². The predicted molar refractivity (Wildman–Crippen MR) is 45.1 cm³/mol. The Hall–Kier alpha value is -1.31. The van der Waals surface area contributed by atoms with Gasteiger partial charge in [0.1, 0.15) is 0 Å². The zero-order valence-electron chi connectivity index (χ0n) is 6.91. The molecule has 2 rings (SSSR count). The van der Waals surface area contributed by atoms with Gasteiger partial charge in [0.15, 0.2) is 0 Å². The highest BCUT2D eigenvalue weighted by atomic mass is 16.5. The van der Waals surface area contributed by atoms with Crippen LogP contribution in [0.4, 0.5) is 0 Å². The molecule has 1 aliphatic rings. The standard InChI is InChI=1S/C10H10O2/c1-7-6-12-10(11)9-5-3-2-4-8(7)9/h2-5,7H,6H2,1H3/t7-/m0/s1. The molecule has 0 radical (unpaired) electrons. The molecular formula is C10H10O2. The van der Waals surface area contributed by atoms with E-state index in [1.807, 2.05) is 24.3 Å². The maximum absolute atomic E-state index is 11.2. The van der Waals surface area contributed by atoms with E-state index in [1.165, 1.54) is 0 Å². The zero-order valence-corrected chi connectivity index (χ0v) is 6.91. The molecule has 1 aliphatic heterocycles. The second-order valence-corrected chi connectivity index (χ2v) is 3.09. The first-order valence-electron chi connectivity index (χ1n) is 4.05. The van der Waals surface area contributed by atoms with E-state index in [2.05, 4.69) is 6.92 Å². The molecule has 0 aliphatic carbocycles. The van der Waals surface area contributed by atoms with Crippen LogP contribution >= 0.6 is 0 Å². The Morgan fingerprint density at radius 3 is 2.92 bits per heavy atom. The lowest BCUT2D eigenvalue weighted by molar-refractivity contribution is 0.0449. The van der Waals surface area contributed by atoms with E-state index in [4.69, 9.17) is 4.74 Å². The minimum atomic E-state index is -0.191. The highest BCUT2D eigenvalue weighted by Gasteiger charge is 2.22. The highest BCUT2D eigenvalue weighted by Crippen LogP contribution is 2.25. The summed E-state index contributed by atoms with van der Waals surface area (Å²) in [7, 11) is 0. The van der Waals surface area contributed by atoms with Crippen LogP contribution in [-0.2, 0) is 4.74 Å². The third kappa shape index (κ3) is 0.998. The number of carbonyl (C=O) groups excluding carboxylic acids is 1. The van der Waals surface area contributed by atoms with Crippen LogP contribution in [0.3, 0.4) is 0 Å². The SMILES string of the molecule is C[C@H]1COC(=O)c2ccccc21. The molecule has 0 bridgehead atoms. The number of esters is 1. The largest absolute Gasteiger partial charge is 0.461 e. The summed E-state index contributed by atoms with van der Waals surface area (Å²) in [6.45, 7) is 2.57. The average Bonchev–Trinajstić information content (AvgIpc) is 2.12. The smallest absolute Gasteiger partial charge is 0.338 e. The highest BCUT2D eigenvalue weighted by molar-refractivity contribution is 5.92. The quantitative estimate of drug-likeness (QED) is 0.545. The summed E-state index contributed by atoms with van der Waals surface area (Å²) in [5, 5.41) is 0. The van der Waals surface area contributed by atoms with Crippen LogP contribution in [0.2, 0.25) is 0 Å². The number of hydrogen-bond acceptors (Lipinski definition) is 2. The van der Waals surface area contributed by atoms with Crippen molar-refractivity contribution in [3.8, 4) is 0 Å². The number of ether oxygens (including phenoxy) is 1. The summed E-state index contributed by atoms with van der Waals surface area (Å²) in [4.78, 5) is 11.2. The molecule has 0 aromatic heterocycles. The van der Waals surface area contributed by atoms with Crippen LogP contribution in [0.25, 0.3) is 0 Å². The first kappa shape index (κ1) is 7.35. The van der Waals surface area contributed by atoms with Gasteiger partial charge >= 0.3 is 5.97 Å². The van der Waals surface area contributed by atoms with Gasteiger partial charge in [0.2, 0.25) is 0 Å². The molecule has 1 heterocycles. The van der Waals surface area contributed by atoms with Crippen molar-refractivity contribution in [2.24, 2.45) is 0 Å². The van der Waals surface area contributed by atoms with E-state index in [9.17, 15) is 4.79 Å². The normalized spacial score (nSPS) is 21.4. The minimum absolute atomic E-state index is 0.191. The van der Waals surface area contributed by atoms with E-state index in [0.29, 0.717) is 12.5 Å². The Balaban J connectivity index is 2.55. The molecule has 1 aromatic carbocycles. The van der Waals surface area contributed by atoms with Crippen LogP contribution < -0.4 is 0 Å². The topological polar surface area (TPSA) is 26.3 Å². The lowest BCUT2D eigenvalue weighted by Crippen LogP contribution is -2.20. The van der Waals surface area contributed by atoms with Crippen molar-refractivity contribution in [1.82, 2.24) is 0 Å². The monoisotopic (exact) mass is 162 g/mol. The minimum Gasteiger partial charge on any atom is -0.461 e. The number of rotatable bonds is 0. The molecule has 0 fully saturated rings. The summed E-state index contributed by atoms with van der Waals surface area (Å²) in [6.07, 6.45) is 0. The Morgan fingerprint density at radius 2 is 2.17 bits per heavy atom. The maximum Gasteiger partial charge on any atom is 0.338 e. The molecule has 0 unspecified atom stereocenters. The lowest BCUT2D eigenvalue weighted by atomic mass is 9.94. The molecule has 2 nitrogen and oxygen atoms in total. The van der Waals surface area contributed by atoms with Crippen molar-refractivity contribution in [3.05, 3.63) is 35.4 Å². The molecule has 62 valence electrons. The maximum atomic E-state index is 11.2. The summed E-state index contributed by atoms with van der Waals surface area (Å²) in [6, 6.07) is 7.61. The fourth-order valence-corrected chi connectivity index (χ4v) is 1.48. The summed E-state index contributed by atoms with van der Waals surface area (Å²) in [5.74, 6) is 0.141. The molecule has 0 amide bonds. The van der Waals surface area contributed by atoms with Crippen molar-refractivity contribution < 1.29 is 9.53 Å². The Bertz CT molecular complexity index is 317. The van der Waals surface area contributed by atoms with Crippen LogP contribution in [-0.4, -0.2) is 12.6 Å². The third-order valence-corrected chi connectivity index (χ3v) is 2.18. The van der Waals surface area contributed by atoms with Crippen molar-refractivity contribution in [2.45, 2.75) is 12.8 Å². The molecule has 2 heteroatoms. The molecule has 0 saturated heterocycles. The molecule has 1 atom stereocenters. The predicted octanol–water partition coefficient (Wildman–Crippen LogP) is 1.96.